The van der Waals surface area contributed by atoms with Crippen molar-refractivity contribution in [3.05, 3.63) is 54.2 Å². The van der Waals surface area contributed by atoms with Crippen LogP contribution in [0, 0.1) is 0 Å². The SMILES string of the molecule is CN(C)C1CCN(c2ccc3c(c2)[nH]c2c(C(=O)O)cc(-c4ccc5c(cnn5C)c4)nc23)CC1. The average molecular weight is 469 g/mol. The molecule has 1 saturated heterocycles. The van der Waals surface area contributed by atoms with E-state index in [0.29, 0.717) is 22.8 Å². The number of benzene rings is 2. The lowest BCUT2D eigenvalue weighted by Gasteiger charge is -2.36. The highest BCUT2D eigenvalue weighted by Crippen LogP contribution is 2.33. The molecule has 6 rings (SSSR count). The molecule has 178 valence electrons. The molecule has 8 heteroatoms. The highest BCUT2D eigenvalue weighted by molar-refractivity contribution is 6.13. The number of hydrogen-bond donors (Lipinski definition) is 2. The molecule has 2 aromatic carbocycles. The van der Waals surface area contributed by atoms with Gasteiger partial charge in [-0.25, -0.2) is 9.78 Å². The molecular weight excluding hydrogens is 440 g/mol. The number of anilines is 1. The fourth-order valence-electron chi connectivity index (χ4n) is 5.32. The van der Waals surface area contributed by atoms with Gasteiger partial charge in [0.25, 0.3) is 0 Å². The molecule has 0 saturated carbocycles. The third kappa shape index (κ3) is 3.61. The number of aryl methyl sites for hydroxylation is 1. The Morgan fingerprint density at radius 3 is 2.66 bits per heavy atom. The number of carboxylic acid groups (broad SMARTS) is 1. The molecule has 1 aliphatic rings. The standard InChI is InChI=1S/C27H28N6O2/c1-31(2)18-8-10-33(11-9-18)19-5-6-20-23(13-19)30-26-21(27(34)35)14-22(29-25(20)26)16-4-7-24-17(12-16)15-28-32(24)3/h4-7,12-15,18,30H,8-11H2,1-3H3,(H,34,35). The number of nitrogens with one attached hydrogen (secondary N) is 1. The molecule has 0 spiro atoms. The van der Waals surface area contributed by atoms with Gasteiger partial charge in [0.1, 0.15) is 0 Å². The van der Waals surface area contributed by atoms with Gasteiger partial charge in [0.2, 0.25) is 0 Å². The minimum absolute atomic E-state index is 0.223. The number of aromatic nitrogens is 4. The molecular formula is C27H28N6O2. The maximum atomic E-state index is 12.2. The van der Waals surface area contributed by atoms with Gasteiger partial charge in [0.05, 0.1) is 39.5 Å². The highest BCUT2D eigenvalue weighted by atomic mass is 16.4. The second-order valence-electron chi connectivity index (χ2n) is 9.66. The lowest BCUT2D eigenvalue weighted by atomic mass is 10.0. The van der Waals surface area contributed by atoms with Gasteiger partial charge in [-0.3, -0.25) is 4.68 Å². The Bertz CT molecular complexity index is 1590. The molecule has 4 heterocycles. The van der Waals surface area contributed by atoms with Crippen LogP contribution < -0.4 is 4.90 Å². The fraction of sp³-hybridized carbons (Fsp3) is 0.296. The molecule has 0 unspecified atom stereocenters. The molecule has 1 aliphatic heterocycles. The van der Waals surface area contributed by atoms with Crippen molar-refractivity contribution in [2.75, 3.05) is 32.1 Å². The molecule has 35 heavy (non-hydrogen) atoms. The van der Waals surface area contributed by atoms with Crippen LogP contribution in [0.2, 0.25) is 0 Å². The van der Waals surface area contributed by atoms with Gasteiger partial charge >= 0.3 is 5.97 Å². The number of pyridine rings is 1. The zero-order chi connectivity index (χ0) is 24.3. The van der Waals surface area contributed by atoms with E-state index in [1.54, 1.807) is 6.07 Å². The van der Waals surface area contributed by atoms with Crippen molar-refractivity contribution in [3.63, 3.8) is 0 Å². The maximum Gasteiger partial charge on any atom is 0.337 e. The van der Waals surface area contributed by atoms with Gasteiger partial charge in [-0.05, 0) is 63.3 Å². The van der Waals surface area contributed by atoms with Crippen LogP contribution in [0.5, 0.6) is 0 Å². The zero-order valence-electron chi connectivity index (χ0n) is 20.1. The van der Waals surface area contributed by atoms with Crippen molar-refractivity contribution in [2.24, 2.45) is 7.05 Å². The third-order valence-electron chi connectivity index (χ3n) is 7.37. The summed E-state index contributed by atoms with van der Waals surface area (Å²) in [4.78, 5) is 25.2. The van der Waals surface area contributed by atoms with Crippen LogP contribution in [0.4, 0.5) is 5.69 Å². The van der Waals surface area contributed by atoms with Crippen LogP contribution >= 0.6 is 0 Å². The summed E-state index contributed by atoms with van der Waals surface area (Å²) in [5.74, 6) is -0.973. The molecule has 0 radical (unpaired) electrons. The lowest BCUT2D eigenvalue weighted by molar-refractivity contribution is 0.0699. The number of nitrogens with zero attached hydrogens (tertiary/aromatic N) is 5. The van der Waals surface area contributed by atoms with Crippen molar-refractivity contribution >= 4 is 44.5 Å². The number of piperidine rings is 1. The predicted octanol–water partition coefficient (Wildman–Crippen LogP) is 4.50. The topological polar surface area (TPSA) is 90.3 Å². The second-order valence-corrected chi connectivity index (χ2v) is 9.66. The van der Waals surface area contributed by atoms with Crippen molar-refractivity contribution < 1.29 is 9.90 Å². The van der Waals surface area contributed by atoms with Gasteiger partial charge in [0, 0.05) is 48.2 Å². The molecule has 0 bridgehead atoms. The summed E-state index contributed by atoms with van der Waals surface area (Å²) in [7, 11) is 6.19. The van der Waals surface area contributed by atoms with E-state index in [9.17, 15) is 9.90 Å². The summed E-state index contributed by atoms with van der Waals surface area (Å²) in [6.45, 7) is 2.02. The third-order valence-corrected chi connectivity index (χ3v) is 7.37. The molecule has 2 N–H and O–H groups in total. The largest absolute Gasteiger partial charge is 0.478 e. The van der Waals surface area contributed by atoms with Crippen molar-refractivity contribution in [1.29, 1.82) is 0 Å². The first-order chi connectivity index (χ1) is 16.9. The van der Waals surface area contributed by atoms with E-state index in [1.165, 1.54) is 0 Å². The normalized spacial score (nSPS) is 15.1. The average Bonchev–Trinajstić information content (AvgIpc) is 3.42. The van der Waals surface area contributed by atoms with Gasteiger partial charge < -0.3 is 19.9 Å². The first kappa shape index (κ1) is 21.6. The first-order valence-electron chi connectivity index (χ1n) is 11.9. The number of carboxylic acids is 1. The molecule has 0 atom stereocenters. The Morgan fingerprint density at radius 1 is 1.11 bits per heavy atom. The Kier molecular flexibility index (Phi) is 5.00. The number of carbonyl (C=O) groups is 1. The minimum atomic E-state index is -0.973. The van der Waals surface area contributed by atoms with Crippen molar-refractivity contribution in [3.8, 4) is 11.3 Å². The maximum absolute atomic E-state index is 12.2. The second kappa shape index (κ2) is 8.09. The molecule has 0 aliphatic carbocycles. The Labute approximate surface area is 202 Å². The number of aromatic carboxylic acids is 1. The fourth-order valence-corrected chi connectivity index (χ4v) is 5.32. The highest BCUT2D eigenvalue weighted by Gasteiger charge is 2.22. The van der Waals surface area contributed by atoms with Crippen LogP contribution in [-0.2, 0) is 7.05 Å². The van der Waals surface area contributed by atoms with E-state index in [2.05, 4.69) is 52.2 Å². The number of aromatic amines is 1. The predicted molar refractivity (Wildman–Crippen MR) is 139 cm³/mol. The Balaban J connectivity index is 1.44. The van der Waals surface area contributed by atoms with E-state index in [-0.39, 0.29) is 5.56 Å². The summed E-state index contributed by atoms with van der Waals surface area (Å²) < 4.78 is 1.82. The Hall–Kier alpha value is -3.91. The van der Waals surface area contributed by atoms with Crippen LogP contribution in [0.15, 0.2) is 48.7 Å². The van der Waals surface area contributed by atoms with E-state index in [4.69, 9.17) is 4.98 Å². The summed E-state index contributed by atoms with van der Waals surface area (Å²) in [5, 5.41) is 16.2. The zero-order valence-corrected chi connectivity index (χ0v) is 20.1. The van der Waals surface area contributed by atoms with E-state index >= 15 is 0 Å². The number of rotatable bonds is 4. The Morgan fingerprint density at radius 2 is 1.91 bits per heavy atom. The quantitative estimate of drug-likeness (QED) is 0.404. The van der Waals surface area contributed by atoms with Gasteiger partial charge in [-0.2, -0.15) is 5.10 Å². The van der Waals surface area contributed by atoms with E-state index < -0.39 is 5.97 Å². The minimum Gasteiger partial charge on any atom is -0.478 e. The molecule has 0 amide bonds. The molecule has 8 nitrogen and oxygen atoms in total. The first-order valence-corrected chi connectivity index (χ1v) is 11.9. The van der Waals surface area contributed by atoms with E-state index in [1.807, 2.05) is 36.1 Å². The number of hydrogen-bond acceptors (Lipinski definition) is 5. The van der Waals surface area contributed by atoms with Crippen LogP contribution in [0.1, 0.15) is 23.2 Å². The molecule has 1 fully saturated rings. The van der Waals surface area contributed by atoms with Crippen molar-refractivity contribution in [1.82, 2.24) is 24.6 Å². The van der Waals surface area contributed by atoms with Crippen LogP contribution in [-0.4, -0.2) is 69.0 Å². The monoisotopic (exact) mass is 468 g/mol. The van der Waals surface area contributed by atoms with E-state index in [0.717, 1.165) is 59.0 Å². The lowest BCUT2D eigenvalue weighted by Crippen LogP contribution is -2.41. The van der Waals surface area contributed by atoms with Crippen molar-refractivity contribution in [2.45, 2.75) is 18.9 Å². The summed E-state index contributed by atoms with van der Waals surface area (Å²) in [5.41, 5.74) is 6.04. The summed E-state index contributed by atoms with van der Waals surface area (Å²) in [6, 6.07) is 14.6. The summed E-state index contributed by atoms with van der Waals surface area (Å²) in [6.07, 6.45) is 4.07. The molecule has 3 aromatic heterocycles. The van der Waals surface area contributed by atoms with Gasteiger partial charge in [-0.1, -0.05) is 6.07 Å². The smallest absolute Gasteiger partial charge is 0.337 e. The van der Waals surface area contributed by atoms with Crippen LogP contribution in [0.3, 0.4) is 0 Å². The van der Waals surface area contributed by atoms with Gasteiger partial charge in [-0.15, -0.1) is 0 Å². The molecule has 5 aromatic rings. The number of H-pyrrole nitrogens is 1. The number of fused-ring (bicyclic) bond motifs is 4. The summed E-state index contributed by atoms with van der Waals surface area (Å²) >= 11 is 0. The van der Waals surface area contributed by atoms with Crippen LogP contribution in [0.25, 0.3) is 44.1 Å². The van der Waals surface area contributed by atoms with Gasteiger partial charge in [0.15, 0.2) is 0 Å².